The Bertz CT molecular complexity index is 222. The van der Waals surface area contributed by atoms with Gasteiger partial charge in [-0.25, -0.2) is 9.69 Å². The van der Waals surface area contributed by atoms with Crippen molar-refractivity contribution in [2.24, 2.45) is 5.11 Å². The highest BCUT2D eigenvalue weighted by Gasteiger charge is 2.16. The van der Waals surface area contributed by atoms with E-state index in [0.29, 0.717) is 0 Å². The van der Waals surface area contributed by atoms with Crippen molar-refractivity contribution >= 4 is 12.1 Å². The molecule has 0 aliphatic carbocycles. The Morgan fingerprint density at radius 1 is 1.42 bits per heavy atom. The molecule has 68 valence electrons. The van der Waals surface area contributed by atoms with Gasteiger partial charge in [0.05, 0.1) is 14.1 Å². The molecule has 0 aliphatic rings. The minimum atomic E-state index is -0.548. The Balaban J connectivity index is 4.38. The summed E-state index contributed by atoms with van der Waals surface area (Å²) < 4.78 is 0.971. The van der Waals surface area contributed by atoms with Crippen LogP contribution >= 0.6 is 0 Å². The van der Waals surface area contributed by atoms with Crippen molar-refractivity contribution in [1.29, 1.82) is 0 Å². The van der Waals surface area contributed by atoms with Gasteiger partial charge in [-0.05, 0) is 5.11 Å². The van der Waals surface area contributed by atoms with Crippen LogP contribution < -0.4 is 5.32 Å². The first-order valence-electron chi connectivity index (χ1n) is 3.37. The van der Waals surface area contributed by atoms with E-state index in [4.69, 9.17) is 0 Å². The van der Waals surface area contributed by atoms with Crippen molar-refractivity contribution in [3.05, 3.63) is 0 Å². The molecule has 0 aromatic carbocycles. The summed E-state index contributed by atoms with van der Waals surface area (Å²) in [5.74, 6) is 0. The van der Waals surface area contributed by atoms with Gasteiger partial charge >= 0.3 is 12.1 Å². The van der Waals surface area contributed by atoms with Crippen LogP contribution in [-0.2, 0) is 0 Å². The summed E-state index contributed by atoms with van der Waals surface area (Å²) in [6.07, 6.45) is 0. The fraction of sp³-hybridized carbons (Fsp3) is 0.667. The molecule has 12 heavy (non-hydrogen) atoms. The molecule has 0 atom stereocenters. The first-order chi connectivity index (χ1) is 5.49. The summed E-state index contributed by atoms with van der Waals surface area (Å²) in [4.78, 5) is 23.1. The zero-order valence-electron chi connectivity index (χ0n) is 7.66. The smallest absolute Gasteiger partial charge is 0.337 e. The quantitative estimate of drug-likeness (QED) is 0.417. The van der Waals surface area contributed by atoms with Crippen molar-refractivity contribution in [3.8, 4) is 0 Å². The highest BCUT2D eigenvalue weighted by Crippen LogP contribution is 1.85. The van der Waals surface area contributed by atoms with Crippen LogP contribution in [0.5, 0.6) is 0 Å². The molecule has 4 amide bonds. The number of azo groups is 2. The number of hydrogen-bond acceptors (Lipinski definition) is 2. The highest BCUT2D eigenvalue weighted by molar-refractivity contribution is 5.74. The Hall–Kier alpha value is -1.46. The Kier molecular flexibility index (Phi) is 3.89. The fourth-order valence-corrected chi connectivity index (χ4v) is 0.518. The second-order valence-corrected chi connectivity index (χ2v) is 2.36. The molecule has 0 heterocycles. The summed E-state index contributed by atoms with van der Waals surface area (Å²) in [5.41, 5.74) is 0. The van der Waals surface area contributed by atoms with Gasteiger partial charge < -0.3 is 5.32 Å². The van der Waals surface area contributed by atoms with Crippen LogP contribution in [0.15, 0.2) is 5.11 Å². The van der Waals surface area contributed by atoms with Gasteiger partial charge in [-0.15, -0.1) is 0 Å². The second kappa shape index (κ2) is 4.42. The van der Waals surface area contributed by atoms with Crippen molar-refractivity contribution in [2.45, 2.75) is 0 Å². The first kappa shape index (κ1) is 10.5. The van der Waals surface area contributed by atoms with Crippen LogP contribution in [-0.4, -0.2) is 49.9 Å². The van der Waals surface area contributed by atoms with Gasteiger partial charge in [0, 0.05) is 7.05 Å². The summed E-state index contributed by atoms with van der Waals surface area (Å²) in [6.45, 7) is 0. The SMILES string of the molecule is CNC(=O)N=[N+](C)C(=O)N(C)C. The van der Waals surface area contributed by atoms with Crippen LogP contribution in [0.4, 0.5) is 9.59 Å². The lowest BCUT2D eigenvalue weighted by Crippen LogP contribution is -2.30. The van der Waals surface area contributed by atoms with Crippen LogP contribution in [0.1, 0.15) is 0 Å². The van der Waals surface area contributed by atoms with Gasteiger partial charge in [0.25, 0.3) is 0 Å². The molecule has 1 N–H and O–H groups in total. The summed E-state index contributed by atoms with van der Waals surface area (Å²) in [5, 5.41) is 5.68. The van der Waals surface area contributed by atoms with Crippen molar-refractivity contribution in [3.63, 3.8) is 0 Å². The van der Waals surface area contributed by atoms with E-state index >= 15 is 0 Å². The number of amides is 4. The standard InChI is InChI=1S/C6H12N4O2/c1-7-5(11)8-10(4)6(12)9(2)3/h1-4H3/p+1. The van der Waals surface area contributed by atoms with Gasteiger partial charge in [-0.3, -0.25) is 0 Å². The Morgan fingerprint density at radius 3 is 2.25 bits per heavy atom. The van der Waals surface area contributed by atoms with Crippen molar-refractivity contribution in [2.75, 3.05) is 28.2 Å². The molecule has 0 spiro atoms. The molecular formula is C6H13N4O2+. The number of nitrogens with one attached hydrogen (secondary N) is 1. The second-order valence-electron chi connectivity index (χ2n) is 2.36. The van der Waals surface area contributed by atoms with E-state index in [1.54, 1.807) is 14.1 Å². The van der Waals surface area contributed by atoms with Gasteiger partial charge in [-0.2, -0.15) is 4.79 Å². The normalized spacial score (nSPS) is 10.8. The first-order valence-corrected chi connectivity index (χ1v) is 3.37. The molecule has 0 unspecified atom stereocenters. The fourth-order valence-electron chi connectivity index (χ4n) is 0.518. The molecule has 0 fully saturated rings. The number of hydrogen-bond donors (Lipinski definition) is 1. The average Bonchev–Trinajstić information content (AvgIpc) is 2.02. The van der Waals surface area contributed by atoms with E-state index in [2.05, 4.69) is 10.4 Å². The van der Waals surface area contributed by atoms with Crippen LogP contribution in [0, 0.1) is 0 Å². The van der Waals surface area contributed by atoms with E-state index in [0.717, 1.165) is 4.70 Å². The summed E-state index contributed by atoms with van der Waals surface area (Å²) >= 11 is 0. The molecule has 0 aliphatic heterocycles. The maximum atomic E-state index is 11.1. The van der Waals surface area contributed by atoms with Gasteiger partial charge in [0.1, 0.15) is 7.05 Å². The summed E-state index contributed by atoms with van der Waals surface area (Å²) in [6, 6.07) is -0.897. The molecule has 0 bridgehead atoms. The molecular weight excluding hydrogens is 160 g/mol. The molecule has 6 heteroatoms. The summed E-state index contributed by atoms with van der Waals surface area (Å²) in [7, 11) is 6.02. The lowest BCUT2D eigenvalue weighted by atomic mass is 10.8. The predicted molar refractivity (Wildman–Crippen MR) is 42.2 cm³/mol. The van der Waals surface area contributed by atoms with E-state index in [1.165, 1.54) is 19.0 Å². The maximum Gasteiger partial charge on any atom is 0.513 e. The van der Waals surface area contributed by atoms with Crippen molar-refractivity contribution < 1.29 is 14.3 Å². The van der Waals surface area contributed by atoms with E-state index in [9.17, 15) is 9.59 Å². The zero-order chi connectivity index (χ0) is 9.72. The van der Waals surface area contributed by atoms with Gasteiger partial charge in [0.2, 0.25) is 0 Å². The largest absolute Gasteiger partial charge is 0.513 e. The number of carbonyl (C=O) groups is 2. The number of rotatable bonds is 0. The molecule has 0 saturated heterocycles. The average molecular weight is 173 g/mol. The van der Waals surface area contributed by atoms with Crippen molar-refractivity contribution in [1.82, 2.24) is 10.2 Å². The lowest BCUT2D eigenvalue weighted by molar-refractivity contribution is -0.469. The van der Waals surface area contributed by atoms with E-state index in [-0.39, 0.29) is 6.03 Å². The van der Waals surface area contributed by atoms with Crippen LogP contribution in [0.3, 0.4) is 0 Å². The Labute approximate surface area is 70.9 Å². The van der Waals surface area contributed by atoms with E-state index < -0.39 is 6.03 Å². The monoisotopic (exact) mass is 173 g/mol. The molecule has 0 saturated carbocycles. The van der Waals surface area contributed by atoms with Crippen LogP contribution in [0.25, 0.3) is 0 Å². The molecule has 0 radical (unpaired) electrons. The molecule has 0 aromatic rings. The highest BCUT2D eigenvalue weighted by atomic mass is 16.2. The number of nitrogens with zero attached hydrogens (tertiary/aromatic N) is 3. The number of carbonyl (C=O) groups excluding carboxylic acids is 2. The van der Waals surface area contributed by atoms with E-state index in [1.807, 2.05) is 0 Å². The number of urea groups is 2. The lowest BCUT2D eigenvalue weighted by Gasteiger charge is -2.00. The third kappa shape index (κ3) is 3.09. The minimum Gasteiger partial charge on any atom is -0.337 e. The topological polar surface area (TPSA) is 64.8 Å². The van der Waals surface area contributed by atoms with Gasteiger partial charge in [0.15, 0.2) is 0 Å². The van der Waals surface area contributed by atoms with Crippen LogP contribution in [0.2, 0.25) is 0 Å². The molecule has 0 rings (SSSR count). The molecule has 0 aromatic heterocycles. The molecule has 6 nitrogen and oxygen atoms in total. The third-order valence-corrected chi connectivity index (χ3v) is 1.11. The minimum absolute atomic E-state index is 0.349. The maximum absolute atomic E-state index is 11.1. The Morgan fingerprint density at radius 2 is 1.92 bits per heavy atom. The predicted octanol–water partition coefficient (Wildman–Crippen LogP) is 0.102. The zero-order valence-corrected chi connectivity index (χ0v) is 7.66. The third-order valence-electron chi connectivity index (χ3n) is 1.11. The van der Waals surface area contributed by atoms with Gasteiger partial charge in [-0.1, -0.05) is 4.70 Å².